The van der Waals surface area contributed by atoms with Crippen LogP contribution in [0.2, 0.25) is 0 Å². The first-order chi connectivity index (χ1) is 9.97. The number of benzene rings is 1. The Hall–Kier alpha value is -1.27. The summed E-state index contributed by atoms with van der Waals surface area (Å²) < 4.78 is 44.0. The van der Waals surface area contributed by atoms with Gasteiger partial charge in [-0.3, -0.25) is 4.90 Å². The van der Waals surface area contributed by atoms with Gasteiger partial charge in [0.15, 0.2) is 0 Å². The van der Waals surface area contributed by atoms with Crippen LogP contribution in [0.5, 0.6) is 5.75 Å². The molecule has 1 saturated heterocycles. The molecule has 0 spiro atoms. The Bertz CT molecular complexity index is 470. The number of hydrogen-bond donors (Lipinski definition) is 1. The van der Waals surface area contributed by atoms with E-state index in [2.05, 4.69) is 4.90 Å². The maximum Gasteiger partial charge on any atom is 0.416 e. The minimum absolute atomic E-state index is 0.0689. The molecule has 1 heterocycles. The smallest absolute Gasteiger partial charge is 0.416 e. The minimum atomic E-state index is -4.38. The van der Waals surface area contributed by atoms with Gasteiger partial charge >= 0.3 is 6.18 Å². The number of alkyl halides is 3. The summed E-state index contributed by atoms with van der Waals surface area (Å²) >= 11 is 0. The summed E-state index contributed by atoms with van der Waals surface area (Å²) in [5.74, 6) is 0.438. The Kier molecular flexibility index (Phi) is 5.11. The molecule has 1 N–H and O–H groups in total. The van der Waals surface area contributed by atoms with Crippen LogP contribution in [0.25, 0.3) is 0 Å². The fourth-order valence-corrected chi connectivity index (χ4v) is 2.88. The average molecular weight is 303 g/mol. The van der Waals surface area contributed by atoms with E-state index in [9.17, 15) is 18.3 Å². The van der Waals surface area contributed by atoms with Crippen molar-refractivity contribution in [3.05, 3.63) is 29.3 Å². The SMILES string of the molecule is COc1ccc(C(F)(F)F)cc1C(CCO)N1CCCC1. The van der Waals surface area contributed by atoms with Crippen LogP contribution in [-0.4, -0.2) is 36.8 Å². The van der Waals surface area contributed by atoms with E-state index in [-0.39, 0.29) is 12.6 Å². The van der Waals surface area contributed by atoms with E-state index in [0.717, 1.165) is 38.1 Å². The fourth-order valence-electron chi connectivity index (χ4n) is 2.88. The molecule has 1 aliphatic rings. The molecule has 3 nitrogen and oxygen atoms in total. The molecule has 0 amide bonds. The first-order valence-corrected chi connectivity index (χ1v) is 7.07. The molecular formula is C15H20F3NO2. The van der Waals surface area contributed by atoms with Crippen molar-refractivity contribution in [1.29, 1.82) is 0 Å². The molecule has 118 valence electrons. The van der Waals surface area contributed by atoms with Gasteiger partial charge < -0.3 is 9.84 Å². The summed E-state index contributed by atoms with van der Waals surface area (Å²) in [6.45, 7) is 1.61. The van der Waals surface area contributed by atoms with Crippen molar-refractivity contribution < 1.29 is 23.0 Å². The Morgan fingerprint density at radius 1 is 1.29 bits per heavy atom. The second-order valence-electron chi connectivity index (χ2n) is 5.23. The number of rotatable bonds is 5. The second kappa shape index (κ2) is 6.66. The van der Waals surface area contributed by atoms with Crippen LogP contribution in [-0.2, 0) is 6.18 Å². The molecule has 2 rings (SSSR count). The third-order valence-corrected chi connectivity index (χ3v) is 3.90. The standard InChI is InChI=1S/C15H20F3NO2/c1-21-14-5-4-11(15(16,17)18)10-12(14)13(6-9-20)19-7-2-3-8-19/h4-5,10,13,20H,2-3,6-9H2,1H3. The molecule has 21 heavy (non-hydrogen) atoms. The molecular weight excluding hydrogens is 283 g/mol. The van der Waals surface area contributed by atoms with Gasteiger partial charge in [-0.1, -0.05) is 0 Å². The maximum atomic E-state index is 12.9. The monoisotopic (exact) mass is 303 g/mol. The zero-order valence-electron chi connectivity index (χ0n) is 12.0. The van der Waals surface area contributed by atoms with E-state index in [4.69, 9.17) is 4.74 Å². The Labute approximate surface area is 122 Å². The van der Waals surface area contributed by atoms with Crippen molar-refractivity contribution in [2.45, 2.75) is 31.5 Å². The summed E-state index contributed by atoms with van der Waals surface area (Å²) in [4.78, 5) is 2.12. The third-order valence-electron chi connectivity index (χ3n) is 3.90. The van der Waals surface area contributed by atoms with Gasteiger partial charge in [0.1, 0.15) is 5.75 Å². The van der Waals surface area contributed by atoms with Crippen molar-refractivity contribution in [3.63, 3.8) is 0 Å². The van der Waals surface area contributed by atoms with Gasteiger partial charge in [0.05, 0.1) is 12.7 Å². The third kappa shape index (κ3) is 3.68. The lowest BCUT2D eigenvalue weighted by Crippen LogP contribution is -2.27. The Morgan fingerprint density at radius 2 is 1.95 bits per heavy atom. The number of likely N-dealkylation sites (tertiary alicyclic amines) is 1. The Balaban J connectivity index is 2.41. The lowest BCUT2D eigenvalue weighted by molar-refractivity contribution is -0.137. The lowest BCUT2D eigenvalue weighted by Gasteiger charge is -2.29. The van der Waals surface area contributed by atoms with Crippen LogP contribution in [0.3, 0.4) is 0 Å². The van der Waals surface area contributed by atoms with E-state index in [1.54, 1.807) is 0 Å². The average Bonchev–Trinajstić information content (AvgIpc) is 2.97. The maximum absolute atomic E-state index is 12.9. The van der Waals surface area contributed by atoms with E-state index in [1.165, 1.54) is 13.2 Å². The normalized spacial score (nSPS) is 18.0. The van der Waals surface area contributed by atoms with Crippen LogP contribution < -0.4 is 4.74 Å². The van der Waals surface area contributed by atoms with Crippen molar-refractivity contribution >= 4 is 0 Å². The highest BCUT2D eigenvalue weighted by atomic mass is 19.4. The molecule has 1 atom stereocenters. The van der Waals surface area contributed by atoms with Crippen molar-refractivity contribution in [2.75, 3.05) is 26.8 Å². The number of aliphatic hydroxyl groups is 1. The van der Waals surface area contributed by atoms with Crippen molar-refractivity contribution in [1.82, 2.24) is 4.90 Å². The zero-order valence-corrected chi connectivity index (χ0v) is 12.0. The predicted octanol–water partition coefficient (Wildman–Crippen LogP) is 3.23. The number of aliphatic hydroxyl groups excluding tert-OH is 1. The molecule has 0 radical (unpaired) electrons. The summed E-state index contributed by atoms with van der Waals surface area (Å²) in [6, 6.07) is 3.30. The molecule has 1 aliphatic heterocycles. The van der Waals surface area contributed by atoms with Gasteiger partial charge in [-0.15, -0.1) is 0 Å². The lowest BCUT2D eigenvalue weighted by atomic mass is 9.98. The largest absolute Gasteiger partial charge is 0.496 e. The number of ether oxygens (including phenoxy) is 1. The summed E-state index contributed by atoms with van der Waals surface area (Å²) in [5.41, 5.74) is -0.177. The second-order valence-corrected chi connectivity index (χ2v) is 5.23. The van der Waals surface area contributed by atoms with Crippen LogP contribution in [0.1, 0.15) is 36.4 Å². The molecule has 0 bridgehead atoms. The number of nitrogens with zero attached hydrogens (tertiary/aromatic N) is 1. The topological polar surface area (TPSA) is 32.7 Å². The van der Waals surface area contributed by atoms with Gasteiger partial charge in [-0.25, -0.2) is 0 Å². The molecule has 6 heteroatoms. The quantitative estimate of drug-likeness (QED) is 0.906. The first-order valence-electron chi connectivity index (χ1n) is 7.07. The minimum Gasteiger partial charge on any atom is -0.496 e. The zero-order chi connectivity index (χ0) is 15.5. The molecule has 1 aromatic rings. The van der Waals surface area contributed by atoms with Gasteiger partial charge in [-0.2, -0.15) is 13.2 Å². The van der Waals surface area contributed by atoms with Gasteiger partial charge in [-0.05, 0) is 50.6 Å². The van der Waals surface area contributed by atoms with Gasteiger partial charge in [0, 0.05) is 18.2 Å². The highest BCUT2D eigenvalue weighted by Gasteiger charge is 2.33. The molecule has 0 aliphatic carbocycles. The van der Waals surface area contributed by atoms with Crippen LogP contribution in [0, 0.1) is 0 Å². The van der Waals surface area contributed by atoms with Gasteiger partial charge in [0.2, 0.25) is 0 Å². The van der Waals surface area contributed by atoms with Gasteiger partial charge in [0.25, 0.3) is 0 Å². The Morgan fingerprint density at radius 3 is 2.48 bits per heavy atom. The van der Waals surface area contributed by atoms with E-state index >= 15 is 0 Å². The van der Waals surface area contributed by atoms with E-state index < -0.39 is 11.7 Å². The van der Waals surface area contributed by atoms with Crippen molar-refractivity contribution in [2.24, 2.45) is 0 Å². The van der Waals surface area contributed by atoms with E-state index in [1.807, 2.05) is 0 Å². The molecule has 0 saturated carbocycles. The predicted molar refractivity (Wildman–Crippen MR) is 73.2 cm³/mol. The molecule has 1 unspecified atom stereocenters. The summed E-state index contributed by atoms with van der Waals surface area (Å²) in [6.07, 6.45) is -1.92. The van der Waals surface area contributed by atoms with E-state index in [0.29, 0.717) is 17.7 Å². The number of hydrogen-bond acceptors (Lipinski definition) is 3. The highest BCUT2D eigenvalue weighted by Crippen LogP contribution is 2.38. The summed E-state index contributed by atoms with van der Waals surface area (Å²) in [7, 11) is 1.45. The molecule has 1 aromatic carbocycles. The summed E-state index contributed by atoms with van der Waals surface area (Å²) in [5, 5.41) is 9.26. The first kappa shape index (κ1) is 16.1. The number of methoxy groups -OCH3 is 1. The number of halogens is 3. The van der Waals surface area contributed by atoms with Crippen LogP contribution in [0.4, 0.5) is 13.2 Å². The fraction of sp³-hybridized carbons (Fsp3) is 0.600. The highest BCUT2D eigenvalue weighted by molar-refractivity contribution is 5.40. The van der Waals surface area contributed by atoms with Crippen LogP contribution >= 0.6 is 0 Å². The molecule has 1 fully saturated rings. The van der Waals surface area contributed by atoms with Crippen molar-refractivity contribution in [3.8, 4) is 5.75 Å². The molecule has 0 aromatic heterocycles. The van der Waals surface area contributed by atoms with Crippen LogP contribution in [0.15, 0.2) is 18.2 Å².